The van der Waals surface area contributed by atoms with Crippen LogP contribution in [0.1, 0.15) is 0 Å². The topological polar surface area (TPSA) is 84.9 Å². The van der Waals surface area contributed by atoms with E-state index in [0.29, 0.717) is 23.7 Å². The number of esters is 1. The number of hydrogen-bond acceptors (Lipinski definition) is 6. The Morgan fingerprint density at radius 1 is 1.36 bits per heavy atom. The van der Waals surface area contributed by atoms with Gasteiger partial charge in [-0.15, -0.1) is 0 Å². The van der Waals surface area contributed by atoms with Crippen molar-refractivity contribution in [1.29, 1.82) is 0 Å². The molecule has 118 valence electrons. The first-order chi connectivity index (χ1) is 10.6. The van der Waals surface area contributed by atoms with Crippen molar-refractivity contribution in [2.24, 2.45) is 0 Å². The van der Waals surface area contributed by atoms with Crippen molar-refractivity contribution >= 4 is 34.6 Å². The molecule has 0 aliphatic carbocycles. The molecule has 1 aromatic rings. The molecule has 0 saturated carbocycles. The number of rotatable bonds is 6. The standard InChI is InChI=1S/C14H16N2O5S/c1-20-11-5-3-2-4-10(11)15-12(17)9-21-13(18)8-16-6-7-22-14(16)19/h2-5H,6-9H2,1H3,(H,15,17). The molecule has 22 heavy (non-hydrogen) atoms. The monoisotopic (exact) mass is 324 g/mol. The second kappa shape index (κ2) is 7.69. The van der Waals surface area contributed by atoms with E-state index in [0.717, 1.165) is 11.8 Å². The number of anilines is 1. The highest BCUT2D eigenvalue weighted by Crippen LogP contribution is 2.22. The van der Waals surface area contributed by atoms with Gasteiger partial charge in [0, 0.05) is 12.3 Å². The summed E-state index contributed by atoms with van der Waals surface area (Å²) in [5, 5.41) is 2.45. The molecule has 0 atom stereocenters. The third-order valence-corrected chi connectivity index (χ3v) is 3.80. The van der Waals surface area contributed by atoms with Gasteiger partial charge in [0.2, 0.25) is 0 Å². The fraction of sp³-hybridized carbons (Fsp3) is 0.357. The first-order valence-corrected chi connectivity index (χ1v) is 7.59. The highest BCUT2D eigenvalue weighted by Gasteiger charge is 2.24. The second-order valence-electron chi connectivity index (χ2n) is 4.45. The molecule has 0 bridgehead atoms. The summed E-state index contributed by atoms with van der Waals surface area (Å²) in [7, 11) is 1.50. The number of thioether (sulfide) groups is 1. The molecule has 1 heterocycles. The Kier molecular flexibility index (Phi) is 5.65. The molecule has 0 unspecified atom stereocenters. The first-order valence-electron chi connectivity index (χ1n) is 6.60. The van der Waals surface area contributed by atoms with Crippen LogP contribution in [0.25, 0.3) is 0 Å². The van der Waals surface area contributed by atoms with Crippen molar-refractivity contribution in [3.63, 3.8) is 0 Å². The summed E-state index contributed by atoms with van der Waals surface area (Å²) in [6.45, 7) is -0.0220. The normalized spacial score (nSPS) is 13.9. The molecule has 7 nitrogen and oxygen atoms in total. The quantitative estimate of drug-likeness (QED) is 0.795. The lowest BCUT2D eigenvalue weighted by molar-refractivity contribution is -0.147. The van der Waals surface area contributed by atoms with E-state index in [-0.39, 0.29) is 11.8 Å². The minimum atomic E-state index is -0.606. The fourth-order valence-electron chi connectivity index (χ4n) is 1.85. The summed E-state index contributed by atoms with van der Waals surface area (Å²) in [6, 6.07) is 6.91. The van der Waals surface area contributed by atoms with Crippen molar-refractivity contribution < 1.29 is 23.9 Å². The Balaban J connectivity index is 1.77. The zero-order valence-electron chi connectivity index (χ0n) is 12.0. The average Bonchev–Trinajstić information content (AvgIpc) is 2.91. The number of hydrogen-bond donors (Lipinski definition) is 1. The molecule has 1 aliphatic rings. The molecule has 0 radical (unpaired) electrons. The molecule has 1 N–H and O–H groups in total. The smallest absolute Gasteiger partial charge is 0.326 e. The fourth-order valence-corrected chi connectivity index (χ4v) is 2.68. The summed E-state index contributed by atoms with van der Waals surface area (Å²) in [5.41, 5.74) is 0.497. The van der Waals surface area contributed by atoms with Crippen LogP contribution in [0, 0.1) is 0 Å². The number of methoxy groups -OCH3 is 1. The highest BCUT2D eigenvalue weighted by atomic mass is 32.2. The Morgan fingerprint density at radius 2 is 2.14 bits per heavy atom. The van der Waals surface area contributed by atoms with E-state index in [2.05, 4.69) is 5.32 Å². The maximum Gasteiger partial charge on any atom is 0.326 e. The second-order valence-corrected chi connectivity index (χ2v) is 5.49. The maximum absolute atomic E-state index is 11.8. The number of nitrogens with one attached hydrogen (secondary N) is 1. The van der Waals surface area contributed by atoms with Crippen LogP contribution in [-0.2, 0) is 14.3 Å². The first kappa shape index (κ1) is 16.2. The summed E-state index contributed by atoms with van der Waals surface area (Å²) in [5.74, 6) is 0.105. The number of carbonyl (C=O) groups excluding carboxylic acids is 3. The molecule has 0 spiro atoms. The van der Waals surface area contributed by atoms with Crippen molar-refractivity contribution in [2.45, 2.75) is 0 Å². The number of benzene rings is 1. The van der Waals surface area contributed by atoms with Gasteiger partial charge in [0.25, 0.3) is 11.1 Å². The van der Waals surface area contributed by atoms with E-state index in [9.17, 15) is 14.4 Å². The van der Waals surface area contributed by atoms with Crippen LogP contribution in [0.5, 0.6) is 5.75 Å². The Morgan fingerprint density at radius 3 is 2.82 bits per heavy atom. The molecule has 1 aromatic carbocycles. The number of amides is 2. The van der Waals surface area contributed by atoms with Crippen LogP contribution >= 0.6 is 11.8 Å². The summed E-state index contributed by atoms with van der Waals surface area (Å²) >= 11 is 1.16. The SMILES string of the molecule is COc1ccccc1NC(=O)COC(=O)CN1CCSC1=O. The minimum absolute atomic E-state index is 0.131. The number of ether oxygens (including phenoxy) is 2. The lowest BCUT2D eigenvalue weighted by Gasteiger charge is -2.13. The summed E-state index contributed by atoms with van der Waals surface area (Å²) in [6.07, 6.45) is 0. The molecule has 1 saturated heterocycles. The van der Waals surface area contributed by atoms with Gasteiger partial charge in [0.15, 0.2) is 6.61 Å². The number of para-hydroxylation sites is 2. The Bertz CT molecular complexity index is 578. The van der Waals surface area contributed by atoms with Gasteiger partial charge in [0.1, 0.15) is 12.3 Å². The van der Waals surface area contributed by atoms with Gasteiger partial charge >= 0.3 is 5.97 Å². The van der Waals surface area contributed by atoms with E-state index in [1.54, 1.807) is 24.3 Å². The van der Waals surface area contributed by atoms with Crippen molar-refractivity contribution in [3.8, 4) is 5.75 Å². The summed E-state index contributed by atoms with van der Waals surface area (Å²) < 4.78 is 9.97. The minimum Gasteiger partial charge on any atom is -0.495 e. The van der Waals surface area contributed by atoms with Crippen LogP contribution in [0.4, 0.5) is 10.5 Å². The van der Waals surface area contributed by atoms with Gasteiger partial charge in [-0.25, -0.2) is 0 Å². The van der Waals surface area contributed by atoms with E-state index in [1.165, 1.54) is 12.0 Å². The van der Waals surface area contributed by atoms with Gasteiger partial charge in [-0.1, -0.05) is 23.9 Å². The Hall–Kier alpha value is -2.22. The molecule has 2 amide bonds. The van der Waals surface area contributed by atoms with Crippen molar-refractivity contribution in [1.82, 2.24) is 4.90 Å². The maximum atomic E-state index is 11.8. The van der Waals surface area contributed by atoms with Crippen LogP contribution in [-0.4, -0.2) is 54.6 Å². The third-order valence-electron chi connectivity index (χ3n) is 2.91. The van der Waals surface area contributed by atoms with Gasteiger partial charge in [-0.05, 0) is 12.1 Å². The van der Waals surface area contributed by atoms with E-state index in [1.807, 2.05) is 0 Å². The third kappa shape index (κ3) is 4.39. The lowest BCUT2D eigenvalue weighted by atomic mass is 10.3. The lowest BCUT2D eigenvalue weighted by Crippen LogP contribution is -2.32. The molecular weight excluding hydrogens is 308 g/mol. The Labute approximate surface area is 131 Å². The predicted molar refractivity (Wildman–Crippen MR) is 82.0 cm³/mol. The average molecular weight is 324 g/mol. The number of carbonyl (C=O) groups is 3. The largest absolute Gasteiger partial charge is 0.495 e. The molecule has 8 heteroatoms. The molecule has 1 aliphatic heterocycles. The van der Waals surface area contributed by atoms with Gasteiger partial charge < -0.3 is 19.7 Å². The molecular formula is C14H16N2O5S. The van der Waals surface area contributed by atoms with Gasteiger partial charge in [-0.2, -0.15) is 0 Å². The van der Waals surface area contributed by atoms with E-state index < -0.39 is 18.5 Å². The highest BCUT2D eigenvalue weighted by molar-refractivity contribution is 8.13. The van der Waals surface area contributed by atoms with Crippen LogP contribution in [0.2, 0.25) is 0 Å². The number of nitrogens with zero attached hydrogens (tertiary/aromatic N) is 1. The zero-order chi connectivity index (χ0) is 15.9. The van der Waals surface area contributed by atoms with Crippen LogP contribution in [0.15, 0.2) is 24.3 Å². The molecule has 1 fully saturated rings. The van der Waals surface area contributed by atoms with Crippen LogP contribution in [0.3, 0.4) is 0 Å². The summed E-state index contributed by atoms with van der Waals surface area (Å²) in [4.78, 5) is 36.1. The predicted octanol–water partition coefficient (Wildman–Crippen LogP) is 1.35. The van der Waals surface area contributed by atoms with E-state index >= 15 is 0 Å². The molecule has 2 rings (SSSR count). The van der Waals surface area contributed by atoms with Gasteiger partial charge in [0.05, 0.1) is 12.8 Å². The van der Waals surface area contributed by atoms with E-state index in [4.69, 9.17) is 9.47 Å². The van der Waals surface area contributed by atoms with Crippen molar-refractivity contribution in [3.05, 3.63) is 24.3 Å². The van der Waals surface area contributed by atoms with Crippen LogP contribution < -0.4 is 10.1 Å². The zero-order valence-corrected chi connectivity index (χ0v) is 12.9. The molecule has 0 aromatic heterocycles. The van der Waals surface area contributed by atoms with Gasteiger partial charge in [-0.3, -0.25) is 14.4 Å². The van der Waals surface area contributed by atoms with Crippen molar-refractivity contribution in [2.75, 3.05) is 37.9 Å².